The second-order valence-corrected chi connectivity index (χ2v) is 7.83. The van der Waals surface area contributed by atoms with Gasteiger partial charge in [-0.3, -0.25) is 9.59 Å². The van der Waals surface area contributed by atoms with Crippen LogP contribution in [0.1, 0.15) is 38.5 Å². The molecule has 1 aromatic carbocycles. The van der Waals surface area contributed by atoms with Gasteiger partial charge in [-0.2, -0.15) is 0 Å². The molecular formula is C22H22F4N4O4. The van der Waals surface area contributed by atoms with E-state index in [2.05, 4.69) is 15.3 Å². The number of carbonyl (C=O) groups excluding carboxylic acids is 2. The summed E-state index contributed by atoms with van der Waals surface area (Å²) in [6, 6.07) is 2.58. The van der Waals surface area contributed by atoms with Crippen molar-refractivity contribution in [2.75, 3.05) is 11.9 Å². The number of rotatable bonds is 7. The van der Waals surface area contributed by atoms with E-state index in [0.717, 1.165) is 30.6 Å². The smallest absolute Gasteiger partial charge is 0.296 e. The zero-order valence-corrected chi connectivity index (χ0v) is 18.3. The van der Waals surface area contributed by atoms with Crippen LogP contribution in [0.15, 0.2) is 36.5 Å². The first-order valence-corrected chi connectivity index (χ1v) is 10.3. The Morgan fingerprint density at radius 2 is 2.03 bits per heavy atom. The molecule has 1 amide bonds. The molecule has 0 radical (unpaired) electrons. The van der Waals surface area contributed by atoms with E-state index in [4.69, 9.17) is 15.2 Å². The van der Waals surface area contributed by atoms with E-state index < -0.39 is 48.4 Å². The molecule has 0 bridgehead atoms. The van der Waals surface area contributed by atoms with E-state index >= 15 is 0 Å². The van der Waals surface area contributed by atoms with E-state index in [1.807, 2.05) is 0 Å². The minimum absolute atomic E-state index is 0.0688. The highest BCUT2D eigenvalue weighted by Gasteiger charge is 2.38. The molecule has 2 aromatic rings. The number of halogens is 4. The zero-order chi connectivity index (χ0) is 25.0. The molecule has 0 aliphatic carbocycles. The number of ketones is 1. The molecule has 1 atom stereocenters. The second kappa shape index (κ2) is 10.2. The summed E-state index contributed by atoms with van der Waals surface area (Å²) >= 11 is 0. The molecule has 0 saturated carbocycles. The maximum Gasteiger partial charge on any atom is 0.296 e. The number of carbonyl (C=O) groups is 2. The maximum atomic E-state index is 14.5. The Morgan fingerprint density at radius 1 is 1.29 bits per heavy atom. The molecule has 182 valence electrons. The van der Waals surface area contributed by atoms with Crippen molar-refractivity contribution >= 4 is 17.4 Å². The Balaban J connectivity index is 2.02. The summed E-state index contributed by atoms with van der Waals surface area (Å²) in [5.41, 5.74) is 4.61. The quantitative estimate of drug-likeness (QED) is 0.268. The van der Waals surface area contributed by atoms with Gasteiger partial charge >= 0.3 is 0 Å². The third kappa shape index (κ3) is 6.07. The number of alkyl halides is 2. The first-order valence-electron chi connectivity index (χ1n) is 10.3. The van der Waals surface area contributed by atoms with E-state index in [-0.39, 0.29) is 41.0 Å². The lowest BCUT2D eigenvalue weighted by molar-refractivity contribution is -0.146. The van der Waals surface area contributed by atoms with Gasteiger partial charge in [0, 0.05) is 12.0 Å². The standard InChI is InChI=1S/C22H22F4N4O4/c1-11(2)34-17(27)8-15(31)21(32)30-20-18(13-7-12(23)3-4-14(13)24)28-10-29-19(20)16-5-6-22(25,26)9-33-16/h3-4,7-8,10-11,16H,5-6,9,27H2,1-2H3,(H,30,32). The molecule has 34 heavy (non-hydrogen) atoms. The van der Waals surface area contributed by atoms with Crippen LogP contribution in [0.25, 0.3) is 11.3 Å². The van der Waals surface area contributed by atoms with Crippen molar-refractivity contribution in [2.24, 2.45) is 5.73 Å². The van der Waals surface area contributed by atoms with Crippen LogP contribution in [0.4, 0.5) is 23.2 Å². The number of aromatic nitrogens is 2. The van der Waals surface area contributed by atoms with Crippen molar-refractivity contribution in [3.05, 3.63) is 53.8 Å². The lowest BCUT2D eigenvalue weighted by atomic mass is 10.00. The molecule has 1 aliphatic rings. The third-order valence-corrected chi connectivity index (χ3v) is 4.74. The number of anilines is 1. The summed E-state index contributed by atoms with van der Waals surface area (Å²) in [6.07, 6.45) is -0.334. The van der Waals surface area contributed by atoms with E-state index in [1.54, 1.807) is 13.8 Å². The fourth-order valence-electron chi connectivity index (χ4n) is 3.26. The topological polar surface area (TPSA) is 116 Å². The number of benzene rings is 1. The molecule has 1 aromatic heterocycles. The summed E-state index contributed by atoms with van der Waals surface area (Å²) in [4.78, 5) is 32.9. The molecule has 0 spiro atoms. The normalized spacial score (nSPS) is 18.0. The van der Waals surface area contributed by atoms with E-state index in [1.165, 1.54) is 0 Å². The zero-order valence-electron chi connectivity index (χ0n) is 18.3. The number of nitrogens with two attached hydrogens (primary N) is 1. The average Bonchev–Trinajstić information content (AvgIpc) is 2.75. The summed E-state index contributed by atoms with van der Waals surface area (Å²) in [5, 5.41) is 2.28. The molecule has 3 N–H and O–H groups in total. The highest BCUT2D eigenvalue weighted by atomic mass is 19.3. The fourth-order valence-corrected chi connectivity index (χ4v) is 3.26. The summed E-state index contributed by atoms with van der Waals surface area (Å²) in [7, 11) is 0. The summed E-state index contributed by atoms with van der Waals surface area (Å²) in [6.45, 7) is 2.42. The molecule has 1 saturated heterocycles. The molecule has 2 heterocycles. The molecule has 12 heteroatoms. The van der Waals surface area contributed by atoms with Crippen LogP contribution in [0.2, 0.25) is 0 Å². The third-order valence-electron chi connectivity index (χ3n) is 4.74. The van der Waals surface area contributed by atoms with Gasteiger partial charge in [0.05, 0.1) is 23.6 Å². The Labute approximate surface area is 192 Å². The van der Waals surface area contributed by atoms with Gasteiger partial charge in [0.15, 0.2) is 5.88 Å². The van der Waals surface area contributed by atoms with Crippen molar-refractivity contribution in [3.63, 3.8) is 0 Å². The van der Waals surface area contributed by atoms with Crippen LogP contribution in [0.5, 0.6) is 0 Å². The Morgan fingerprint density at radius 3 is 2.68 bits per heavy atom. The average molecular weight is 482 g/mol. The van der Waals surface area contributed by atoms with Crippen LogP contribution in [-0.4, -0.2) is 40.3 Å². The lowest BCUT2D eigenvalue weighted by Crippen LogP contribution is -2.32. The first-order chi connectivity index (χ1) is 16.0. The van der Waals surface area contributed by atoms with Crippen LogP contribution >= 0.6 is 0 Å². The Bertz CT molecular complexity index is 1110. The van der Waals surface area contributed by atoms with Crippen LogP contribution in [0, 0.1) is 11.6 Å². The van der Waals surface area contributed by atoms with Gasteiger partial charge < -0.3 is 20.5 Å². The molecule has 3 rings (SSSR count). The van der Waals surface area contributed by atoms with Gasteiger partial charge in [-0.1, -0.05) is 0 Å². The fraction of sp³-hybridized carbons (Fsp3) is 0.364. The van der Waals surface area contributed by atoms with Crippen molar-refractivity contribution < 1.29 is 36.6 Å². The Kier molecular flexibility index (Phi) is 7.50. The number of ether oxygens (including phenoxy) is 2. The first kappa shape index (κ1) is 25.1. The second-order valence-electron chi connectivity index (χ2n) is 7.83. The monoisotopic (exact) mass is 482 g/mol. The molecule has 1 aliphatic heterocycles. The molecule has 1 unspecified atom stereocenters. The number of amides is 1. The largest absolute Gasteiger partial charge is 0.477 e. The van der Waals surface area contributed by atoms with Gasteiger partial charge in [-0.25, -0.2) is 27.5 Å². The molecule has 8 nitrogen and oxygen atoms in total. The maximum absolute atomic E-state index is 14.5. The number of nitrogens with one attached hydrogen (secondary N) is 1. The molecular weight excluding hydrogens is 460 g/mol. The SMILES string of the molecule is CC(C)OC(N)=CC(=O)C(=O)Nc1c(-c2cc(F)ccc2F)ncnc1C1CCC(F)(F)CO1. The van der Waals surface area contributed by atoms with Gasteiger partial charge in [0.25, 0.3) is 11.8 Å². The van der Waals surface area contributed by atoms with Crippen molar-refractivity contribution in [1.29, 1.82) is 0 Å². The number of hydrogen-bond acceptors (Lipinski definition) is 7. The molecule has 1 fully saturated rings. The van der Waals surface area contributed by atoms with Crippen LogP contribution in [-0.2, 0) is 19.1 Å². The van der Waals surface area contributed by atoms with E-state index in [9.17, 15) is 27.2 Å². The van der Waals surface area contributed by atoms with E-state index in [0.29, 0.717) is 0 Å². The van der Waals surface area contributed by atoms with Gasteiger partial charge in [0.1, 0.15) is 36.4 Å². The lowest BCUT2D eigenvalue weighted by Gasteiger charge is -2.29. The van der Waals surface area contributed by atoms with Crippen molar-refractivity contribution in [1.82, 2.24) is 9.97 Å². The highest BCUT2D eigenvalue weighted by molar-refractivity contribution is 6.44. The summed E-state index contributed by atoms with van der Waals surface area (Å²) < 4.78 is 65.8. The van der Waals surface area contributed by atoms with Crippen molar-refractivity contribution in [2.45, 2.75) is 44.8 Å². The predicted octanol–water partition coefficient (Wildman–Crippen LogP) is 3.64. The van der Waals surface area contributed by atoms with Crippen LogP contribution < -0.4 is 11.1 Å². The highest BCUT2D eigenvalue weighted by Crippen LogP contribution is 2.40. The minimum atomic E-state index is -3.04. The minimum Gasteiger partial charge on any atom is -0.477 e. The number of nitrogens with zero attached hydrogens (tertiary/aromatic N) is 2. The summed E-state index contributed by atoms with van der Waals surface area (Å²) in [5.74, 6) is -7.35. The Hall–Kier alpha value is -3.54. The van der Waals surface area contributed by atoms with Gasteiger partial charge in [0.2, 0.25) is 5.78 Å². The van der Waals surface area contributed by atoms with Crippen molar-refractivity contribution in [3.8, 4) is 11.3 Å². The number of hydrogen-bond donors (Lipinski definition) is 2. The van der Waals surface area contributed by atoms with Gasteiger partial charge in [-0.15, -0.1) is 0 Å². The van der Waals surface area contributed by atoms with Crippen LogP contribution in [0.3, 0.4) is 0 Å². The van der Waals surface area contributed by atoms with Gasteiger partial charge in [-0.05, 0) is 38.5 Å². The predicted molar refractivity (Wildman–Crippen MR) is 112 cm³/mol.